The lowest BCUT2D eigenvalue weighted by atomic mass is 9.89. The van der Waals surface area contributed by atoms with Crippen molar-refractivity contribution < 1.29 is 9.13 Å². The highest BCUT2D eigenvalue weighted by Crippen LogP contribution is 2.29. The van der Waals surface area contributed by atoms with Crippen LogP contribution in [0.15, 0.2) is 18.2 Å². The van der Waals surface area contributed by atoms with Gasteiger partial charge in [0.25, 0.3) is 0 Å². The fourth-order valence-electron chi connectivity index (χ4n) is 3.26. The van der Waals surface area contributed by atoms with Crippen LogP contribution in [-0.4, -0.2) is 24.6 Å². The van der Waals surface area contributed by atoms with Gasteiger partial charge in [0.05, 0.1) is 0 Å². The number of hydrogen-bond acceptors (Lipinski definition) is 2. The van der Waals surface area contributed by atoms with Crippen LogP contribution < -0.4 is 10.1 Å². The van der Waals surface area contributed by atoms with Crippen molar-refractivity contribution in [3.8, 4) is 5.75 Å². The highest BCUT2D eigenvalue weighted by molar-refractivity contribution is 6.20. The van der Waals surface area contributed by atoms with Crippen molar-refractivity contribution in [1.82, 2.24) is 5.32 Å². The molecule has 1 saturated carbocycles. The summed E-state index contributed by atoms with van der Waals surface area (Å²) < 4.78 is 19.0. The van der Waals surface area contributed by atoms with Gasteiger partial charge in [-0.15, -0.1) is 11.6 Å². The minimum absolute atomic E-state index is 0.127. The van der Waals surface area contributed by atoms with E-state index < -0.39 is 0 Å². The van der Waals surface area contributed by atoms with Crippen LogP contribution in [0.5, 0.6) is 5.75 Å². The Bertz CT molecular complexity index is 468. The highest BCUT2D eigenvalue weighted by atomic mass is 35.5. The molecule has 3 unspecified atom stereocenters. The maximum absolute atomic E-state index is 13.1. The summed E-state index contributed by atoms with van der Waals surface area (Å²) in [5.41, 5.74) is 0.982. The van der Waals surface area contributed by atoms with Crippen molar-refractivity contribution in [2.75, 3.05) is 13.1 Å². The largest absolute Gasteiger partial charge is 0.488 e. The van der Waals surface area contributed by atoms with E-state index in [1.807, 2.05) is 0 Å². The number of halogens is 2. The first-order chi connectivity index (χ1) is 9.70. The van der Waals surface area contributed by atoms with Gasteiger partial charge >= 0.3 is 0 Å². The molecule has 0 aromatic heterocycles. The molecule has 2 aliphatic rings. The SMILES string of the molecule is Fc1ccc2c(c1)CC(CNCC1CCCC(Cl)C1)O2. The second kappa shape index (κ2) is 6.31. The quantitative estimate of drug-likeness (QED) is 0.859. The number of nitrogens with one attached hydrogen (secondary N) is 1. The van der Waals surface area contributed by atoms with Crippen LogP contribution in [0, 0.1) is 11.7 Å². The molecule has 3 atom stereocenters. The van der Waals surface area contributed by atoms with Crippen LogP contribution >= 0.6 is 11.6 Å². The fraction of sp³-hybridized carbons (Fsp3) is 0.625. The summed E-state index contributed by atoms with van der Waals surface area (Å²) in [6, 6.07) is 4.76. The van der Waals surface area contributed by atoms with Crippen LogP contribution in [-0.2, 0) is 6.42 Å². The predicted octanol–water partition coefficient (Wildman–Crippen LogP) is 3.52. The Morgan fingerprint density at radius 1 is 1.30 bits per heavy atom. The summed E-state index contributed by atoms with van der Waals surface area (Å²) in [4.78, 5) is 0. The number of benzene rings is 1. The molecule has 3 rings (SSSR count). The molecular formula is C16H21ClFNO. The number of hydrogen-bond donors (Lipinski definition) is 1. The molecule has 0 spiro atoms. The summed E-state index contributed by atoms with van der Waals surface area (Å²) in [5, 5.41) is 3.84. The van der Waals surface area contributed by atoms with E-state index in [2.05, 4.69) is 5.32 Å². The lowest BCUT2D eigenvalue weighted by Crippen LogP contribution is -2.34. The van der Waals surface area contributed by atoms with Gasteiger partial charge in [0.15, 0.2) is 0 Å². The smallest absolute Gasteiger partial charge is 0.123 e. The Morgan fingerprint density at radius 2 is 2.20 bits per heavy atom. The van der Waals surface area contributed by atoms with Crippen molar-refractivity contribution in [2.24, 2.45) is 5.92 Å². The fourth-order valence-corrected chi connectivity index (χ4v) is 3.67. The van der Waals surface area contributed by atoms with Crippen LogP contribution in [0.3, 0.4) is 0 Å². The molecule has 1 N–H and O–H groups in total. The lowest BCUT2D eigenvalue weighted by molar-refractivity contribution is 0.221. The Hall–Kier alpha value is -0.800. The second-order valence-electron chi connectivity index (χ2n) is 5.98. The normalized spacial score (nSPS) is 29.0. The topological polar surface area (TPSA) is 21.3 Å². The Kier molecular flexibility index (Phi) is 4.47. The summed E-state index contributed by atoms with van der Waals surface area (Å²) in [5.74, 6) is 1.33. The molecule has 0 radical (unpaired) electrons. The average Bonchev–Trinajstić information content (AvgIpc) is 2.80. The van der Waals surface area contributed by atoms with Crippen molar-refractivity contribution in [2.45, 2.75) is 43.6 Å². The predicted molar refractivity (Wildman–Crippen MR) is 79.0 cm³/mol. The number of fused-ring (bicyclic) bond motifs is 1. The molecule has 1 aromatic rings. The minimum atomic E-state index is -0.184. The summed E-state index contributed by atoms with van der Waals surface area (Å²) >= 11 is 6.21. The van der Waals surface area contributed by atoms with E-state index in [9.17, 15) is 4.39 Å². The van der Waals surface area contributed by atoms with Gasteiger partial charge in [-0.2, -0.15) is 0 Å². The molecule has 110 valence electrons. The third-order valence-electron chi connectivity index (χ3n) is 4.29. The molecule has 0 amide bonds. The van der Waals surface area contributed by atoms with Gasteiger partial charge in [0.2, 0.25) is 0 Å². The van der Waals surface area contributed by atoms with E-state index >= 15 is 0 Å². The van der Waals surface area contributed by atoms with Crippen LogP contribution in [0.25, 0.3) is 0 Å². The van der Waals surface area contributed by atoms with Gasteiger partial charge in [0, 0.05) is 23.9 Å². The molecule has 4 heteroatoms. The molecule has 20 heavy (non-hydrogen) atoms. The zero-order chi connectivity index (χ0) is 13.9. The van der Waals surface area contributed by atoms with E-state index in [0.29, 0.717) is 11.3 Å². The van der Waals surface area contributed by atoms with Gasteiger partial charge in [-0.3, -0.25) is 0 Å². The van der Waals surface area contributed by atoms with Crippen molar-refractivity contribution >= 4 is 11.6 Å². The average molecular weight is 298 g/mol. The van der Waals surface area contributed by atoms with Crippen LogP contribution in [0.1, 0.15) is 31.2 Å². The van der Waals surface area contributed by atoms with Gasteiger partial charge < -0.3 is 10.1 Å². The Morgan fingerprint density at radius 3 is 3.05 bits per heavy atom. The Labute approximate surface area is 124 Å². The maximum Gasteiger partial charge on any atom is 0.123 e. The molecule has 1 aliphatic carbocycles. The van der Waals surface area contributed by atoms with E-state index in [4.69, 9.17) is 16.3 Å². The highest BCUT2D eigenvalue weighted by Gasteiger charge is 2.24. The summed E-state index contributed by atoms with van der Waals surface area (Å²) in [6.45, 7) is 1.83. The second-order valence-corrected chi connectivity index (χ2v) is 6.60. The van der Waals surface area contributed by atoms with Crippen molar-refractivity contribution in [3.63, 3.8) is 0 Å². The summed E-state index contributed by atoms with van der Waals surface area (Å²) in [6.07, 6.45) is 5.71. The van der Waals surface area contributed by atoms with Gasteiger partial charge in [0.1, 0.15) is 17.7 Å². The van der Waals surface area contributed by atoms with E-state index in [1.54, 1.807) is 12.1 Å². The summed E-state index contributed by atoms with van der Waals surface area (Å²) in [7, 11) is 0. The molecule has 0 bridgehead atoms. The minimum Gasteiger partial charge on any atom is -0.488 e. The first kappa shape index (κ1) is 14.2. The van der Waals surface area contributed by atoms with Gasteiger partial charge in [-0.25, -0.2) is 4.39 Å². The standard InChI is InChI=1S/C16H21ClFNO/c17-13-3-1-2-11(6-13)9-19-10-15-8-12-7-14(18)4-5-16(12)20-15/h4-5,7,11,13,15,19H,1-3,6,8-10H2. The molecule has 2 nitrogen and oxygen atoms in total. The van der Waals surface area contributed by atoms with Crippen molar-refractivity contribution in [1.29, 1.82) is 0 Å². The zero-order valence-corrected chi connectivity index (χ0v) is 12.3. The third kappa shape index (κ3) is 3.44. The van der Waals surface area contributed by atoms with Gasteiger partial charge in [-0.05, 0) is 49.9 Å². The molecule has 0 saturated heterocycles. The first-order valence-electron chi connectivity index (χ1n) is 7.50. The van der Waals surface area contributed by atoms with E-state index in [-0.39, 0.29) is 11.9 Å². The maximum atomic E-state index is 13.1. The van der Waals surface area contributed by atoms with Gasteiger partial charge in [-0.1, -0.05) is 6.42 Å². The van der Waals surface area contributed by atoms with Crippen LogP contribution in [0.2, 0.25) is 0 Å². The molecule has 1 heterocycles. The third-order valence-corrected chi connectivity index (χ3v) is 4.68. The zero-order valence-electron chi connectivity index (χ0n) is 11.6. The Balaban J connectivity index is 1.42. The molecule has 1 fully saturated rings. The number of ether oxygens (including phenoxy) is 1. The molecular weight excluding hydrogens is 277 g/mol. The van der Waals surface area contributed by atoms with Crippen LogP contribution in [0.4, 0.5) is 4.39 Å². The van der Waals surface area contributed by atoms with E-state index in [1.165, 1.54) is 18.9 Å². The number of rotatable bonds is 4. The monoisotopic (exact) mass is 297 g/mol. The molecule has 1 aliphatic heterocycles. The first-order valence-corrected chi connectivity index (χ1v) is 7.94. The number of alkyl halides is 1. The van der Waals surface area contributed by atoms with E-state index in [0.717, 1.165) is 43.7 Å². The van der Waals surface area contributed by atoms with Crippen molar-refractivity contribution in [3.05, 3.63) is 29.6 Å². The lowest BCUT2D eigenvalue weighted by Gasteiger charge is -2.26. The molecule has 1 aromatic carbocycles.